The van der Waals surface area contributed by atoms with Crippen molar-refractivity contribution in [3.8, 4) is 11.4 Å². The minimum absolute atomic E-state index is 0.126. The molecule has 0 aliphatic rings. The van der Waals surface area contributed by atoms with Gasteiger partial charge in [-0.25, -0.2) is 9.78 Å². The highest BCUT2D eigenvalue weighted by molar-refractivity contribution is 9.10. The Kier molecular flexibility index (Phi) is 4.52. The van der Waals surface area contributed by atoms with Gasteiger partial charge in [0, 0.05) is 6.42 Å². The summed E-state index contributed by atoms with van der Waals surface area (Å²) in [4.78, 5) is 16.0. The first-order chi connectivity index (χ1) is 10.0. The number of halogens is 1. The van der Waals surface area contributed by atoms with E-state index in [1.54, 1.807) is 11.7 Å². The highest BCUT2D eigenvalue weighted by Crippen LogP contribution is 2.30. The molecule has 0 bridgehead atoms. The van der Waals surface area contributed by atoms with Gasteiger partial charge in [-0.2, -0.15) is 0 Å². The topological polar surface area (TPSA) is 79.4 Å². The van der Waals surface area contributed by atoms with E-state index < -0.39 is 5.97 Å². The van der Waals surface area contributed by atoms with E-state index in [9.17, 15) is 4.79 Å². The number of nitrogens with zero attached hydrogens (tertiary/aromatic N) is 2. The molecule has 0 saturated carbocycles. The summed E-state index contributed by atoms with van der Waals surface area (Å²) >= 11 is 3.43. The Labute approximate surface area is 131 Å². The summed E-state index contributed by atoms with van der Waals surface area (Å²) in [7, 11) is 2.90. The number of nitrogens with two attached hydrogens (primary N) is 1. The van der Waals surface area contributed by atoms with Crippen molar-refractivity contribution in [1.29, 1.82) is 0 Å². The van der Waals surface area contributed by atoms with Crippen LogP contribution in [-0.2, 0) is 11.2 Å². The van der Waals surface area contributed by atoms with Gasteiger partial charge < -0.3 is 15.2 Å². The van der Waals surface area contributed by atoms with Crippen molar-refractivity contribution in [3.63, 3.8) is 0 Å². The van der Waals surface area contributed by atoms with E-state index in [2.05, 4.69) is 20.9 Å². The third-order valence-corrected chi connectivity index (χ3v) is 3.69. The molecule has 1 heterocycles. The van der Waals surface area contributed by atoms with Crippen LogP contribution in [0, 0.1) is 0 Å². The van der Waals surface area contributed by atoms with E-state index in [0.717, 1.165) is 10.2 Å². The summed E-state index contributed by atoms with van der Waals surface area (Å²) in [5.74, 6) is 1.11. The normalized spacial score (nSPS) is 10.5. The number of aromatic nitrogens is 2. The fourth-order valence-electron chi connectivity index (χ4n) is 2.05. The van der Waals surface area contributed by atoms with Gasteiger partial charge >= 0.3 is 5.97 Å². The average molecular weight is 354 g/mol. The van der Waals surface area contributed by atoms with Gasteiger partial charge in [-0.3, -0.25) is 4.57 Å². The molecule has 1 aromatic heterocycles. The highest BCUT2D eigenvalue weighted by Gasteiger charge is 2.21. The zero-order valence-corrected chi connectivity index (χ0v) is 13.6. The van der Waals surface area contributed by atoms with Crippen molar-refractivity contribution >= 4 is 27.7 Å². The Balaban J connectivity index is 2.60. The number of aryl methyl sites for hydroxylation is 1. The lowest BCUT2D eigenvalue weighted by atomic mass is 10.3. The minimum atomic E-state index is -0.548. The first-order valence-electron chi connectivity index (χ1n) is 6.32. The molecular formula is C14H16BrN3O3. The fraction of sp³-hybridized carbons (Fsp3) is 0.286. The van der Waals surface area contributed by atoms with Crippen molar-refractivity contribution in [3.05, 3.63) is 34.2 Å². The van der Waals surface area contributed by atoms with Gasteiger partial charge in [-0.1, -0.05) is 6.92 Å². The van der Waals surface area contributed by atoms with Crippen molar-refractivity contribution in [2.45, 2.75) is 13.3 Å². The van der Waals surface area contributed by atoms with E-state index >= 15 is 0 Å². The quantitative estimate of drug-likeness (QED) is 0.854. The van der Waals surface area contributed by atoms with Crippen LogP contribution in [0.4, 0.5) is 5.82 Å². The predicted molar refractivity (Wildman–Crippen MR) is 82.9 cm³/mol. The molecule has 2 rings (SSSR count). The molecule has 112 valence electrons. The zero-order chi connectivity index (χ0) is 15.6. The summed E-state index contributed by atoms with van der Waals surface area (Å²) in [5, 5.41) is 0. The smallest absolute Gasteiger partial charge is 0.360 e. The third-order valence-electron chi connectivity index (χ3n) is 3.07. The Morgan fingerprint density at radius 3 is 2.67 bits per heavy atom. The molecule has 2 N–H and O–H groups in total. The molecule has 7 heteroatoms. The number of hydrogen-bond donors (Lipinski definition) is 1. The number of hydrogen-bond acceptors (Lipinski definition) is 5. The summed E-state index contributed by atoms with van der Waals surface area (Å²) < 4.78 is 12.4. The highest BCUT2D eigenvalue weighted by atomic mass is 79.9. The van der Waals surface area contributed by atoms with Crippen LogP contribution in [0.25, 0.3) is 5.69 Å². The molecular weight excluding hydrogens is 338 g/mol. The minimum Gasteiger partial charge on any atom is -0.496 e. The van der Waals surface area contributed by atoms with Gasteiger partial charge in [-0.05, 0) is 34.1 Å². The lowest BCUT2D eigenvalue weighted by Crippen LogP contribution is -2.08. The molecule has 0 amide bonds. The van der Waals surface area contributed by atoms with Crippen LogP contribution in [0.3, 0.4) is 0 Å². The summed E-state index contributed by atoms with van der Waals surface area (Å²) in [6.07, 6.45) is 0.630. The van der Waals surface area contributed by atoms with E-state index in [1.165, 1.54) is 7.11 Å². The van der Waals surface area contributed by atoms with Crippen molar-refractivity contribution in [2.75, 3.05) is 20.0 Å². The first-order valence-corrected chi connectivity index (χ1v) is 7.12. The molecule has 6 nitrogen and oxygen atoms in total. The number of nitrogen functional groups attached to an aromatic ring is 1. The number of imidazole rings is 1. The monoisotopic (exact) mass is 353 g/mol. The zero-order valence-electron chi connectivity index (χ0n) is 12.0. The van der Waals surface area contributed by atoms with E-state index in [0.29, 0.717) is 18.0 Å². The lowest BCUT2D eigenvalue weighted by Gasteiger charge is -2.11. The van der Waals surface area contributed by atoms with Crippen LogP contribution >= 0.6 is 15.9 Å². The van der Waals surface area contributed by atoms with Crippen LogP contribution in [0.15, 0.2) is 22.7 Å². The molecule has 1 aromatic carbocycles. The maximum absolute atomic E-state index is 11.7. The molecule has 0 fully saturated rings. The van der Waals surface area contributed by atoms with E-state index in [-0.39, 0.29) is 11.5 Å². The largest absolute Gasteiger partial charge is 0.496 e. The number of methoxy groups -OCH3 is 2. The predicted octanol–water partition coefficient (Wildman–Crippen LogP) is 2.57. The van der Waals surface area contributed by atoms with Gasteiger partial charge in [0.25, 0.3) is 0 Å². The first kappa shape index (κ1) is 15.4. The van der Waals surface area contributed by atoms with E-state index in [1.807, 2.05) is 25.1 Å². The molecule has 0 saturated heterocycles. The molecule has 21 heavy (non-hydrogen) atoms. The van der Waals surface area contributed by atoms with Crippen LogP contribution < -0.4 is 10.5 Å². The fourth-order valence-corrected chi connectivity index (χ4v) is 2.58. The number of carbonyl (C=O) groups is 1. The molecule has 0 radical (unpaired) electrons. The van der Waals surface area contributed by atoms with E-state index in [4.69, 9.17) is 15.2 Å². The van der Waals surface area contributed by atoms with Gasteiger partial charge in [0.05, 0.1) is 24.4 Å². The third kappa shape index (κ3) is 2.73. The average Bonchev–Trinajstić information content (AvgIpc) is 2.83. The summed E-state index contributed by atoms with van der Waals surface area (Å²) in [6, 6.07) is 5.52. The summed E-state index contributed by atoms with van der Waals surface area (Å²) in [5.41, 5.74) is 6.98. The van der Waals surface area contributed by atoms with Gasteiger partial charge in [-0.15, -0.1) is 0 Å². The second-order valence-corrected chi connectivity index (χ2v) is 5.12. The molecule has 0 unspecified atom stereocenters. The number of carbonyl (C=O) groups excluding carboxylic acids is 1. The maximum atomic E-state index is 11.7. The summed E-state index contributed by atoms with van der Waals surface area (Å²) in [6.45, 7) is 1.94. The maximum Gasteiger partial charge on any atom is 0.360 e. The van der Waals surface area contributed by atoms with Crippen LogP contribution in [0.5, 0.6) is 5.75 Å². The van der Waals surface area contributed by atoms with Crippen LogP contribution in [0.2, 0.25) is 0 Å². The molecule has 0 spiro atoms. The number of anilines is 1. The Bertz CT molecular complexity index is 682. The van der Waals surface area contributed by atoms with Crippen LogP contribution in [-0.4, -0.2) is 29.7 Å². The van der Waals surface area contributed by atoms with Crippen LogP contribution in [0.1, 0.15) is 23.2 Å². The Morgan fingerprint density at radius 2 is 2.14 bits per heavy atom. The van der Waals surface area contributed by atoms with Gasteiger partial charge in [0.15, 0.2) is 5.69 Å². The second-order valence-electron chi connectivity index (χ2n) is 4.26. The lowest BCUT2D eigenvalue weighted by molar-refractivity contribution is 0.0596. The van der Waals surface area contributed by atoms with Gasteiger partial charge in [0.1, 0.15) is 17.4 Å². The molecule has 0 aliphatic carbocycles. The van der Waals surface area contributed by atoms with Crippen molar-refractivity contribution in [1.82, 2.24) is 9.55 Å². The molecule has 2 aromatic rings. The molecule has 0 aliphatic heterocycles. The number of ether oxygens (including phenoxy) is 2. The number of rotatable bonds is 4. The second kappa shape index (κ2) is 6.17. The Morgan fingerprint density at radius 1 is 1.43 bits per heavy atom. The number of benzene rings is 1. The standard InChI is InChI=1S/C14H16BrN3O3/c1-4-11-17-12(14(19)21-3)13(16)18(11)8-5-6-10(20-2)9(15)7-8/h5-7H,4,16H2,1-3H3. The van der Waals surface area contributed by atoms with Gasteiger partial charge in [0.2, 0.25) is 0 Å². The Hall–Kier alpha value is -2.02. The molecule has 0 atom stereocenters. The van der Waals surface area contributed by atoms with Crippen molar-refractivity contribution < 1.29 is 14.3 Å². The SMILES string of the molecule is CCc1nc(C(=O)OC)c(N)n1-c1ccc(OC)c(Br)c1. The number of esters is 1. The van der Waals surface area contributed by atoms with Crippen molar-refractivity contribution in [2.24, 2.45) is 0 Å².